The summed E-state index contributed by atoms with van der Waals surface area (Å²) in [5, 5.41) is 17.5. The second-order valence-corrected chi connectivity index (χ2v) is 4.36. The van der Waals surface area contributed by atoms with Crippen LogP contribution in [0.3, 0.4) is 0 Å². The van der Waals surface area contributed by atoms with Crippen LogP contribution >= 0.6 is 0 Å². The topological polar surface area (TPSA) is 49.7 Å². The molecule has 2 N–H and O–H groups in total. The molecule has 0 radical (unpaired) electrons. The molecule has 0 aliphatic rings. The lowest BCUT2D eigenvalue weighted by molar-refractivity contribution is 0.0677. The van der Waals surface area contributed by atoms with E-state index in [1.807, 2.05) is 0 Å². The molecule has 4 heteroatoms. The van der Waals surface area contributed by atoms with E-state index in [2.05, 4.69) is 27.7 Å². The lowest BCUT2D eigenvalue weighted by Crippen LogP contribution is -2.30. The van der Waals surface area contributed by atoms with Crippen LogP contribution in [-0.4, -0.2) is 23.5 Å². The molecule has 0 saturated heterocycles. The standard InChI is InChI=1S/C10H23BO3/c1-5-9(4)10(14-11(12)13)7-6-8(2)3/h8-10,12-13H,5-7H2,1-4H3. The molecule has 0 heterocycles. The Morgan fingerprint density at radius 1 is 1.14 bits per heavy atom. The van der Waals surface area contributed by atoms with Gasteiger partial charge in [0.25, 0.3) is 0 Å². The summed E-state index contributed by atoms with van der Waals surface area (Å²) in [6.45, 7) is 8.47. The second kappa shape index (κ2) is 7.26. The van der Waals surface area contributed by atoms with Crippen LogP contribution in [0.2, 0.25) is 0 Å². The maximum absolute atomic E-state index is 8.77. The highest BCUT2D eigenvalue weighted by molar-refractivity contribution is 6.32. The van der Waals surface area contributed by atoms with Crippen LogP contribution in [0.25, 0.3) is 0 Å². The highest BCUT2D eigenvalue weighted by Gasteiger charge is 2.22. The first kappa shape index (κ1) is 13.9. The molecule has 0 aliphatic carbocycles. The van der Waals surface area contributed by atoms with E-state index in [-0.39, 0.29) is 6.10 Å². The van der Waals surface area contributed by atoms with Crippen molar-refractivity contribution in [2.75, 3.05) is 0 Å². The van der Waals surface area contributed by atoms with Crippen LogP contribution < -0.4 is 0 Å². The summed E-state index contributed by atoms with van der Waals surface area (Å²) in [6.07, 6.45) is 2.91. The van der Waals surface area contributed by atoms with Gasteiger partial charge in [0.05, 0.1) is 0 Å². The number of rotatable bonds is 7. The lowest BCUT2D eigenvalue weighted by atomic mass is 9.93. The molecule has 2 atom stereocenters. The summed E-state index contributed by atoms with van der Waals surface area (Å²) in [5.41, 5.74) is 0. The van der Waals surface area contributed by atoms with E-state index in [4.69, 9.17) is 14.7 Å². The molecule has 84 valence electrons. The normalized spacial score (nSPS) is 15.6. The molecule has 0 rings (SSSR count). The third kappa shape index (κ3) is 6.41. The fraction of sp³-hybridized carbons (Fsp3) is 1.00. The van der Waals surface area contributed by atoms with Gasteiger partial charge in [0.15, 0.2) is 0 Å². The summed E-state index contributed by atoms with van der Waals surface area (Å²) in [6, 6.07) is 0. The van der Waals surface area contributed by atoms with Crippen molar-refractivity contribution in [3.8, 4) is 0 Å². The highest BCUT2D eigenvalue weighted by Crippen LogP contribution is 2.19. The molecule has 0 aromatic carbocycles. The predicted molar refractivity (Wildman–Crippen MR) is 58.6 cm³/mol. The zero-order valence-electron chi connectivity index (χ0n) is 9.73. The zero-order valence-corrected chi connectivity index (χ0v) is 9.73. The predicted octanol–water partition coefficient (Wildman–Crippen LogP) is 1.82. The molecule has 3 nitrogen and oxygen atoms in total. The van der Waals surface area contributed by atoms with Crippen LogP contribution in [-0.2, 0) is 4.65 Å². The van der Waals surface area contributed by atoms with E-state index in [9.17, 15) is 0 Å². The third-order valence-electron chi connectivity index (χ3n) is 2.60. The Hall–Kier alpha value is -0.0551. The van der Waals surface area contributed by atoms with Crippen molar-refractivity contribution in [3.05, 3.63) is 0 Å². The minimum Gasteiger partial charge on any atom is -0.402 e. The van der Waals surface area contributed by atoms with E-state index in [0.717, 1.165) is 19.3 Å². The summed E-state index contributed by atoms with van der Waals surface area (Å²) in [7, 11) is -1.64. The van der Waals surface area contributed by atoms with Gasteiger partial charge in [0, 0.05) is 6.10 Å². The minimum absolute atomic E-state index is 0.0394. The van der Waals surface area contributed by atoms with Crippen molar-refractivity contribution in [1.29, 1.82) is 0 Å². The van der Waals surface area contributed by atoms with Crippen molar-refractivity contribution < 1.29 is 14.7 Å². The summed E-state index contributed by atoms with van der Waals surface area (Å²) >= 11 is 0. The molecular formula is C10H23BO3. The Kier molecular flexibility index (Phi) is 7.24. The average Bonchev–Trinajstić information content (AvgIpc) is 2.10. The van der Waals surface area contributed by atoms with Crippen LogP contribution in [0.5, 0.6) is 0 Å². The van der Waals surface area contributed by atoms with E-state index in [1.54, 1.807) is 0 Å². The largest absolute Gasteiger partial charge is 0.634 e. The Morgan fingerprint density at radius 2 is 1.71 bits per heavy atom. The Balaban J connectivity index is 3.97. The van der Waals surface area contributed by atoms with E-state index >= 15 is 0 Å². The average molecular weight is 202 g/mol. The van der Waals surface area contributed by atoms with Crippen molar-refractivity contribution in [2.24, 2.45) is 11.8 Å². The molecular weight excluding hydrogens is 179 g/mol. The van der Waals surface area contributed by atoms with E-state index in [1.165, 1.54) is 0 Å². The maximum atomic E-state index is 8.77. The van der Waals surface area contributed by atoms with Gasteiger partial charge in [-0.25, -0.2) is 0 Å². The van der Waals surface area contributed by atoms with Gasteiger partial charge in [0.2, 0.25) is 0 Å². The monoisotopic (exact) mass is 202 g/mol. The third-order valence-corrected chi connectivity index (χ3v) is 2.60. The first-order chi connectivity index (χ1) is 6.47. The molecule has 0 saturated carbocycles. The van der Waals surface area contributed by atoms with Crippen molar-refractivity contribution >= 4 is 7.32 Å². The van der Waals surface area contributed by atoms with Crippen LogP contribution in [0.1, 0.15) is 47.0 Å². The smallest absolute Gasteiger partial charge is 0.402 e. The Labute approximate surface area is 87.7 Å². The summed E-state index contributed by atoms with van der Waals surface area (Å²) < 4.78 is 5.06. The zero-order chi connectivity index (χ0) is 11.1. The van der Waals surface area contributed by atoms with Gasteiger partial charge in [-0.1, -0.05) is 34.1 Å². The van der Waals surface area contributed by atoms with Crippen LogP contribution in [0.15, 0.2) is 0 Å². The van der Waals surface area contributed by atoms with Crippen molar-refractivity contribution in [3.63, 3.8) is 0 Å². The van der Waals surface area contributed by atoms with E-state index in [0.29, 0.717) is 11.8 Å². The minimum atomic E-state index is -1.64. The number of hydrogen-bond acceptors (Lipinski definition) is 3. The molecule has 2 unspecified atom stereocenters. The molecule has 0 amide bonds. The fourth-order valence-corrected chi connectivity index (χ4v) is 1.40. The SMILES string of the molecule is CCC(C)C(CCC(C)C)OB(O)O. The highest BCUT2D eigenvalue weighted by atomic mass is 16.6. The summed E-state index contributed by atoms with van der Waals surface area (Å²) in [4.78, 5) is 0. The van der Waals surface area contributed by atoms with Crippen LogP contribution in [0.4, 0.5) is 0 Å². The van der Waals surface area contributed by atoms with Gasteiger partial charge in [-0.15, -0.1) is 0 Å². The quantitative estimate of drug-likeness (QED) is 0.619. The van der Waals surface area contributed by atoms with Crippen LogP contribution in [0, 0.1) is 11.8 Å². The van der Waals surface area contributed by atoms with E-state index < -0.39 is 7.32 Å². The van der Waals surface area contributed by atoms with Crippen molar-refractivity contribution in [1.82, 2.24) is 0 Å². The summed E-state index contributed by atoms with van der Waals surface area (Å²) in [5.74, 6) is 0.997. The maximum Gasteiger partial charge on any atom is 0.634 e. The number of hydrogen-bond donors (Lipinski definition) is 2. The molecule has 0 aromatic heterocycles. The fourth-order valence-electron chi connectivity index (χ4n) is 1.40. The molecule has 0 aromatic rings. The molecule has 0 fully saturated rings. The lowest BCUT2D eigenvalue weighted by Gasteiger charge is -2.24. The molecule has 14 heavy (non-hydrogen) atoms. The molecule has 0 bridgehead atoms. The van der Waals surface area contributed by atoms with Gasteiger partial charge >= 0.3 is 7.32 Å². The van der Waals surface area contributed by atoms with Gasteiger partial charge in [0.1, 0.15) is 0 Å². The van der Waals surface area contributed by atoms with Gasteiger partial charge in [-0.2, -0.15) is 0 Å². The van der Waals surface area contributed by atoms with Gasteiger partial charge in [-0.3, -0.25) is 0 Å². The first-order valence-corrected chi connectivity index (χ1v) is 5.49. The Bertz CT molecular complexity index is 139. The van der Waals surface area contributed by atoms with Gasteiger partial charge < -0.3 is 14.7 Å². The van der Waals surface area contributed by atoms with Gasteiger partial charge in [-0.05, 0) is 24.7 Å². The second-order valence-electron chi connectivity index (χ2n) is 4.36. The van der Waals surface area contributed by atoms with Crippen molar-refractivity contribution in [2.45, 2.75) is 53.1 Å². The Morgan fingerprint density at radius 3 is 2.07 bits per heavy atom. The first-order valence-electron chi connectivity index (χ1n) is 5.49. The molecule has 0 spiro atoms. The molecule has 0 aliphatic heterocycles.